The highest BCUT2D eigenvalue weighted by Gasteiger charge is 2.20. The molecule has 2 aromatic carbocycles. The number of nitrogens with zero attached hydrogens (tertiary/aromatic N) is 1. The van der Waals surface area contributed by atoms with E-state index in [0.717, 1.165) is 30.2 Å². The van der Waals surface area contributed by atoms with Gasteiger partial charge in [0, 0.05) is 19.5 Å². The molecular formula is C22H27NO4. The predicted octanol–water partition coefficient (Wildman–Crippen LogP) is 3.84. The molecule has 0 spiro atoms. The molecule has 1 heterocycles. The average Bonchev–Trinajstić information content (AvgIpc) is 2.71. The number of amides is 1. The normalized spacial score (nSPS) is 13.0. The third-order valence-electron chi connectivity index (χ3n) is 4.72. The molecule has 0 saturated carbocycles. The highest BCUT2D eigenvalue weighted by atomic mass is 16.5. The predicted molar refractivity (Wildman–Crippen MR) is 104 cm³/mol. The summed E-state index contributed by atoms with van der Waals surface area (Å²) in [4.78, 5) is 14.5. The Kier molecular flexibility index (Phi) is 6.58. The number of hydrogen-bond acceptors (Lipinski definition) is 4. The first-order chi connectivity index (χ1) is 13.2. The van der Waals surface area contributed by atoms with Crippen LogP contribution < -0.4 is 14.2 Å². The monoisotopic (exact) mass is 369 g/mol. The molecule has 1 aliphatic rings. The number of methoxy groups -OCH3 is 1. The second kappa shape index (κ2) is 9.31. The summed E-state index contributed by atoms with van der Waals surface area (Å²) in [7, 11) is 1.66. The summed E-state index contributed by atoms with van der Waals surface area (Å²) < 4.78 is 16.6. The number of rotatable bonds is 8. The maximum absolute atomic E-state index is 12.6. The van der Waals surface area contributed by atoms with Crippen LogP contribution in [-0.4, -0.2) is 37.7 Å². The van der Waals surface area contributed by atoms with Crippen LogP contribution >= 0.6 is 0 Å². The van der Waals surface area contributed by atoms with Crippen LogP contribution in [0.25, 0.3) is 0 Å². The van der Waals surface area contributed by atoms with Gasteiger partial charge in [0.2, 0.25) is 5.91 Å². The molecular weight excluding hydrogens is 342 g/mol. The van der Waals surface area contributed by atoms with E-state index in [1.54, 1.807) is 7.11 Å². The zero-order valence-corrected chi connectivity index (χ0v) is 16.1. The molecule has 5 nitrogen and oxygen atoms in total. The summed E-state index contributed by atoms with van der Waals surface area (Å²) in [5.74, 6) is 2.48. The first-order valence-corrected chi connectivity index (χ1v) is 9.49. The lowest BCUT2D eigenvalue weighted by Gasteiger charge is -2.29. The number of carbonyl (C=O) groups excluding carboxylic acids is 1. The SMILES string of the molecule is CCOc1ccccc1OCCCC(=O)N1CCc2ccc(OC)cc2C1. The minimum absolute atomic E-state index is 0.171. The Morgan fingerprint density at radius 3 is 2.59 bits per heavy atom. The molecule has 0 radical (unpaired) electrons. The lowest BCUT2D eigenvalue weighted by molar-refractivity contribution is -0.132. The second-order valence-electron chi connectivity index (χ2n) is 6.53. The summed E-state index contributed by atoms with van der Waals surface area (Å²) >= 11 is 0. The highest BCUT2D eigenvalue weighted by Crippen LogP contribution is 2.27. The third kappa shape index (κ3) is 4.94. The number of ether oxygens (including phenoxy) is 3. The lowest BCUT2D eigenvalue weighted by Crippen LogP contribution is -2.36. The number of para-hydroxylation sites is 2. The molecule has 2 aromatic rings. The molecule has 1 amide bonds. The van der Waals surface area contributed by atoms with Crippen molar-refractivity contribution in [3.63, 3.8) is 0 Å². The standard InChI is InChI=1S/C22H27NO4/c1-3-26-20-7-4-5-8-21(20)27-14-6-9-22(24)23-13-12-17-10-11-19(25-2)15-18(17)16-23/h4-5,7-8,10-11,15H,3,6,9,12-14,16H2,1-2H3. The van der Waals surface area contributed by atoms with E-state index in [1.165, 1.54) is 11.1 Å². The molecule has 144 valence electrons. The van der Waals surface area contributed by atoms with Crippen molar-refractivity contribution in [1.29, 1.82) is 0 Å². The highest BCUT2D eigenvalue weighted by molar-refractivity contribution is 5.76. The molecule has 0 unspecified atom stereocenters. The Morgan fingerprint density at radius 2 is 1.85 bits per heavy atom. The minimum Gasteiger partial charge on any atom is -0.497 e. The van der Waals surface area contributed by atoms with Gasteiger partial charge in [0.15, 0.2) is 11.5 Å². The third-order valence-corrected chi connectivity index (χ3v) is 4.72. The summed E-state index contributed by atoms with van der Waals surface area (Å²) in [5.41, 5.74) is 2.48. The Labute approximate surface area is 160 Å². The molecule has 5 heteroatoms. The maximum atomic E-state index is 12.6. The molecule has 27 heavy (non-hydrogen) atoms. The van der Waals surface area contributed by atoms with Gasteiger partial charge in [-0.25, -0.2) is 0 Å². The van der Waals surface area contributed by atoms with Gasteiger partial charge in [-0.2, -0.15) is 0 Å². The van der Waals surface area contributed by atoms with Gasteiger partial charge in [-0.3, -0.25) is 4.79 Å². The van der Waals surface area contributed by atoms with E-state index in [0.29, 0.717) is 32.6 Å². The van der Waals surface area contributed by atoms with Crippen molar-refractivity contribution >= 4 is 5.91 Å². The zero-order valence-electron chi connectivity index (χ0n) is 16.1. The molecule has 0 aromatic heterocycles. The second-order valence-corrected chi connectivity index (χ2v) is 6.53. The molecule has 0 fully saturated rings. The molecule has 0 N–H and O–H groups in total. The molecule has 0 bridgehead atoms. The summed E-state index contributed by atoms with van der Waals surface area (Å²) in [5, 5.41) is 0. The van der Waals surface area contributed by atoms with Gasteiger partial charge in [-0.15, -0.1) is 0 Å². The van der Waals surface area contributed by atoms with E-state index in [1.807, 2.05) is 48.2 Å². The van der Waals surface area contributed by atoms with Crippen LogP contribution in [0.1, 0.15) is 30.9 Å². The van der Waals surface area contributed by atoms with Gasteiger partial charge in [-0.05, 0) is 55.2 Å². The number of hydrogen-bond donors (Lipinski definition) is 0. The fraction of sp³-hybridized carbons (Fsp3) is 0.409. The fourth-order valence-electron chi connectivity index (χ4n) is 3.28. The van der Waals surface area contributed by atoms with Crippen LogP contribution in [0.2, 0.25) is 0 Å². The van der Waals surface area contributed by atoms with Crippen LogP contribution in [-0.2, 0) is 17.8 Å². The van der Waals surface area contributed by atoms with Crippen LogP contribution in [0.5, 0.6) is 17.2 Å². The van der Waals surface area contributed by atoms with Crippen LogP contribution in [0, 0.1) is 0 Å². The molecule has 0 saturated heterocycles. The van der Waals surface area contributed by atoms with Gasteiger partial charge < -0.3 is 19.1 Å². The van der Waals surface area contributed by atoms with E-state index in [-0.39, 0.29) is 5.91 Å². The minimum atomic E-state index is 0.171. The molecule has 0 aliphatic carbocycles. The quantitative estimate of drug-likeness (QED) is 0.664. The molecule has 3 rings (SSSR count). The number of benzene rings is 2. The van der Waals surface area contributed by atoms with Crippen molar-refractivity contribution in [2.45, 2.75) is 32.7 Å². The topological polar surface area (TPSA) is 48.0 Å². The van der Waals surface area contributed by atoms with Crippen LogP contribution in [0.15, 0.2) is 42.5 Å². The van der Waals surface area contributed by atoms with Gasteiger partial charge >= 0.3 is 0 Å². The first-order valence-electron chi connectivity index (χ1n) is 9.49. The first kappa shape index (κ1) is 19.1. The zero-order chi connectivity index (χ0) is 19.1. The molecule has 1 aliphatic heterocycles. The van der Waals surface area contributed by atoms with E-state index in [9.17, 15) is 4.79 Å². The Morgan fingerprint density at radius 1 is 1.07 bits per heavy atom. The largest absolute Gasteiger partial charge is 0.497 e. The molecule has 0 atom stereocenters. The average molecular weight is 369 g/mol. The van der Waals surface area contributed by atoms with Crippen LogP contribution in [0.3, 0.4) is 0 Å². The lowest BCUT2D eigenvalue weighted by atomic mass is 9.99. The van der Waals surface area contributed by atoms with Crippen molar-refractivity contribution < 1.29 is 19.0 Å². The van der Waals surface area contributed by atoms with Crippen molar-refractivity contribution in [3.8, 4) is 17.2 Å². The van der Waals surface area contributed by atoms with Gasteiger partial charge in [0.1, 0.15) is 5.75 Å². The number of fused-ring (bicyclic) bond motifs is 1. The van der Waals surface area contributed by atoms with Gasteiger partial charge in [-0.1, -0.05) is 18.2 Å². The van der Waals surface area contributed by atoms with E-state index >= 15 is 0 Å². The summed E-state index contributed by atoms with van der Waals surface area (Å²) in [6.45, 7) is 4.46. The van der Waals surface area contributed by atoms with Gasteiger partial charge in [0.25, 0.3) is 0 Å². The number of carbonyl (C=O) groups is 1. The van der Waals surface area contributed by atoms with Crippen molar-refractivity contribution in [3.05, 3.63) is 53.6 Å². The Bertz CT molecular complexity index is 775. The van der Waals surface area contributed by atoms with Crippen molar-refractivity contribution in [2.24, 2.45) is 0 Å². The van der Waals surface area contributed by atoms with E-state index in [2.05, 4.69) is 6.07 Å². The van der Waals surface area contributed by atoms with E-state index in [4.69, 9.17) is 14.2 Å². The summed E-state index contributed by atoms with van der Waals surface area (Å²) in [6.07, 6.45) is 2.06. The Balaban J connectivity index is 1.47. The van der Waals surface area contributed by atoms with Crippen LogP contribution in [0.4, 0.5) is 0 Å². The Hall–Kier alpha value is -2.69. The maximum Gasteiger partial charge on any atom is 0.223 e. The van der Waals surface area contributed by atoms with E-state index < -0.39 is 0 Å². The van der Waals surface area contributed by atoms with Gasteiger partial charge in [0.05, 0.1) is 20.3 Å². The van der Waals surface area contributed by atoms with Crippen molar-refractivity contribution in [2.75, 3.05) is 26.9 Å². The summed E-state index contributed by atoms with van der Waals surface area (Å²) in [6, 6.07) is 13.7. The smallest absolute Gasteiger partial charge is 0.223 e. The fourth-order valence-corrected chi connectivity index (χ4v) is 3.28. The van der Waals surface area contributed by atoms with Crippen molar-refractivity contribution in [1.82, 2.24) is 4.90 Å².